The Kier molecular flexibility index (Phi) is 8.93. The molecule has 2 rings (SSSR count). The molecule has 0 unspecified atom stereocenters. The standard InChI is InChI=1S/C18H28BF3N3O2.K/c1-12-14(11-23)10-15(13(2)16(12)19(20,21)22)24-6-8-25(9-7-24)17(26)27-18(3,4)5;/h10H,6-9,11,23H2,1-5H3;/q-1;+1. The summed E-state index contributed by atoms with van der Waals surface area (Å²) in [6.07, 6.45) is -0.398. The van der Waals surface area contributed by atoms with Crippen molar-refractivity contribution in [2.75, 3.05) is 31.1 Å². The smallest absolute Gasteiger partial charge is 0.445 e. The summed E-state index contributed by atoms with van der Waals surface area (Å²) < 4.78 is 46.3. The van der Waals surface area contributed by atoms with Crippen LogP contribution in [0.4, 0.5) is 23.4 Å². The van der Waals surface area contributed by atoms with Crippen LogP contribution >= 0.6 is 0 Å². The number of halogens is 3. The van der Waals surface area contributed by atoms with Crippen LogP contribution in [0.3, 0.4) is 0 Å². The molecule has 10 heteroatoms. The van der Waals surface area contributed by atoms with Crippen LogP contribution in [-0.4, -0.2) is 49.8 Å². The molecule has 0 aromatic heterocycles. The van der Waals surface area contributed by atoms with Gasteiger partial charge in [-0.1, -0.05) is 11.1 Å². The third kappa shape index (κ3) is 6.12. The van der Waals surface area contributed by atoms with Crippen molar-refractivity contribution in [3.05, 3.63) is 22.8 Å². The van der Waals surface area contributed by atoms with Gasteiger partial charge in [-0.3, -0.25) is 0 Å². The number of piperazine rings is 1. The molecule has 0 radical (unpaired) electrons. The molecule has 1 amide bonds. The predicted molar refractivity (Wildman–Crippen MR) is 103 cm³/mol. The van der Waals surface area contributed by atoms with Crippen LogP contribution in [0.5, 0.6) is 0 Å². The molecule has 0 spiro atoms. The van der Waals surface area contributed by atoms with Crippen LogP contribution in [-0.2, 0) is 11.3 Å². The molecule has 1 fully saturated rings. The fourth-order valence-electron chi connectivity index (χ4n) is 3.46. The number of hydrogen-bond donors (Lipinski definition) is 1. The van der Waals surface area contributed by atoms with E-state index in [1.54, 1.807) is 31.7 Å². The van der Waals surface area contributed by atoms with Gasteiger partial charge in [0.1, 0.15) is 5.60 Å². The summed E-state index contributed by atoms with van der Waals surface area (Å²) in [7, 11) is 0. The first-order valence-corrected chi connectivity index (χ1v) is 9.11. The zero-order valence-corrected chi connectivity index (χ0v) is 20.7. The van der Waals surface area contributed by atoms with Gasteiger partial charge in [-0.15, -0.1) is 5.46 Å². The number of nitrogens with zero attached hydrogens (tertiary/aromatic N) is 2. The Morgan fingerprint density at radius 2 is 1.68 bits per heavy atom. The van der Waals surface area contributed by atoms with Crippen LogP contribution in [0.2, 0.25) is 0 Å². The van der Waals surface area contributed by atoms with E-state index in [2.05, 4.69) is 0 Å². The SMILES string of the molecule is Cc1c(CN)cc(N2CCN(C(=O)OC(C)(C)C)CC2)c(C)c1[B-](F)(F)F.[K+]. The average molecular weight is 425 g/mol. The molecule has 0 aliphatic carbocycles. The fraction of sp³-hybridized carbons (Fsp3) is 0.611. The van der Waals surface area contributed by atoms with Crippen molar-refractivity contribution in [1.82, 2.24) is 4.90 Å². The molecule has 1 aliphatic rings. The fourth-order valence-corrected chi connectivity index (χ4v) is 3.46. The van der Waals surface area contributed by atoms with E-state index in [1.807, 2.05) is 4.90 Å². The number of carbonyl (C=O) groups excluding carboxylic acids is 1. The number of rotatable bonds is 3. The van der Waals surface area contributed by atoms with Gasteiger partial charge in [-0.2, -0.15) is 0 Å². The van der Waals surface area contributed by atoms with Crippen LogP contribution in [0.25, 0.3) is 0 Å². The Balaban J connectivity index is 0.00000392. The normalized spacial score (nSPS) is 15.3. The van der Waals surface area contributed by atoms with Crippen LogP contribution in [0, 0.1) is 13.8 Å². The number of nitrogens with two attached hydrogens (primary N) is 1. The third-order valence-electron chi connectivity index (χ3n) is 4.80. The maximum absolute atomic E-state index is 13.6. The summed E-state index contributed by atoms with van der Waals surface area (Å²) in [5.41, 5.74) is 6.02. The number of carbonyl (C=O) groups is 1. The van der Waals surface area contributed by atoms with E-state index in [1.165, 1.54) is 13.8 Å². The predicted octanol–water partition coefficient (Wildman–Crippen LogP) is -0.122. The maximum atomic E-state index is 13.6. The largest absolute Gasteiger partial charge is 1.00 e. The van der Waals surface area contributed by atoms with Crippen LogP contribution in [0.1, 0.15) is 37.5 Å². The van der Waals surface area contributed by atoms with Crippen molar-refractivity contribution in [2.45, 2.75) is 46.8 Å². The van der Waals surface area contributed by atoms with Crippen LogP contribution < -0.4 is 67.5 Å². The van der Waals surface area contributed by atoms with E-state index in [9.17, 15) is 17.7 Å². The number of benzene rings is 1. The molecule has 0 saturated carbocycles. The first kappa shape index (κ1) is 25.8. The van der Waals surface area contributed by atoms with Crippen molar-refractivity contribution in [1.29, 1.82) is 0 Å². The van der Waals surface area contributed by atoms with Gasteiger partial charge in [0.15, 0.2) is 0 Å². The van der Waals surface area contributed by atoms with Gasteiger partial charge in [0, 0.05) is 38.4 Å². The molecule has 28 heavy (non-hydrogen) atoms. The summed E-state index contributed by atoms with van der Waals surface area (Å²) >= 11 is 0. The minimum Gasteiger partial charge on any atom is -0.445 e. The second kappa shape index (κ2) is 9.70. The van der Waals surface area contributed by atoms with E-state index in [-0.39, 0.29) is 69.1 Å². The third-order valence-corrected chi connectivity index (χ3v) is 4.80. The van der Waals surface area contributed by atoms with E-state index < -0.39 is 24.1 Å². The molecule has 0 atom stereocenters. The van der Waals surface area contributed by atoms with Gasteiger partial charge in [-0.05, 0) is 46.2 Å². The van der Waals surface area contributed by atoms with Gasteiger partial charge in [0.25, 0.3) is 0 Å². The number of amides is 1. The molecular formula is C18H28BF3KN3O2. The minimum atomic E-state index is -5.14. The van der Waals surface area contributed by atoms with Crippen molar-refractivity contribution in [3.63, 3.8) is 0 Å². The first-order valence-electron chi connectivity index (χ1n) is 9.11. The van der Waals surface area contributed by atoms with Gasteiger partial charge < -0.3 is 33.2 Å². The van der Waals surface area contributed by atoms with E-state index in [4.69, 9.17) is 10.5 Å². The first-order chi connectivity index (χ1) is 12.3. The number of ether oxygens (including phenoxy) is 1. The van der Waals surface area contributed by atoms with Gasteiger partial charge in [0.2, 0.25) is 0 Å². The van der Waals surface area contributed by atoms with Crippen molar-refractivity contribution in [3.8, 4) is 0 Å². The van der Waals surface area contributed by atoms with Crippen molar-refractivity contribution in [2.24, 2.45) is 5.73 Å². The monoisotopic (exact) mass is 425 g/mol. The summed E-state index contributed by atoms with van der Waals surface area (Å²) in [4.78, 5) is 15.7. The van der Waals surface area contributed by atoms with E-state index >= 15 is 0 Å². The zero-order chi connectivity index (χ0) is 20.6. The number of anilines is 1. The average Bonchev–Trinajstić information content (AvgIpc) is 2.52. The maximum Gasteiger partial charge on any atom is 1.00 e. The molecule has 1 aliphatic heterocycles. The second-order valence-corrected chi connectivity index (χ2v) is 7.95. The molecule has 5 nitrogen and oxygen atoms in total. The quantitative estimate of drug-likeness (QED) is 0.687. The van der Waals surface area contributed by atoms with Crippen molar-refractivity contribution >= 4 is 24.2 Å². The Hall–Kier alpha value is -0.259. The molecule has 0 bridgehead atoms. The Labute approximate surface area is 207 Å². The Bertz CT molecular complexity index is 715. The minimum absolute atomic E-state index is 0. The van der Waals surface area contributed by atoms with E-state index in [0.717, 1.165) is 0 Å². The van der Waals surface area contributed by atoms with Crippen LogP contribution in [0.15, 0.2) is 6.07 Å². The topological polar surface area (TPSA) is 58.8 Å². The molecule has 1 heterocycles. The molecular weight excluding hydrogens is 397 g/mol. The summed E-state index contributed by atoms with van der Waals surface area (Å²) in [6.45, 7) is 4.97. The van der Waals surface area contributed by atoms with Gasteiger partial charge >= 0.3 is 64.5 Å². The molecule has 2 N–H and O–H groups in total. The zero-order valence-electron chi connectivity index (χ0n) is 17.6. The molecule has 1 saturated heterocycles. The summed E-state index contributed by atoms with van der Waals surface area (Å²) in [5.74, 6) is 0. The molecule has 1 aromatic carbocycles. The number of hydrogen-bond acceptors (Lipinski definition) is 4. The molecule has 1 aromatic rings. The van der Waals surface area contributed by atoms with Gasteiger partial charge in [-0.25, -0.2) is 4.79 Å². The second-order valence-electron chi connectivity index (χ2n) is 7.95. The Morgan fingerprint density at radius 1 is 1.14 bits per heavy atom. The summed E-state index contributed by atoms with van der Waals surface area (Å²) in [5, 5.41) is 0. The van der Waals surface area contributed by atoms with Crippen molar-refractivity contribution < 1.29 is 73.9 Å². The molecule has 152 valence electrons. The Morgan fingerprint density at radius 3 is 2.11 bits per heavy atom. The van der Waals surface area contributed by atoms with E-state index in [0.29, 0.717) is 37.4 Å². The van der Waals surface area contributed by atoms with Gasteiger partial charge in [0.05, 0.1) is 0 Å². The summed E-state index contributed by atoms with van der Waals surface area (Å²) in [6, 6.07) is 1.75.